The summed E-state index contributed by atoms with van der Waals surface area (Å²) in [5.74, 6) is -1.90. The molecule has 0 unspecified atom stereocenters. The number of Topliss-reactive ketones (excluding diaryl/α,β-unsaturated/α-hetero) is 2. The molecule has 0 atom stereocenters. The first kappa shape index (κ1) is 44.7. The molecule has 0 aliphatic carbocycles. The van der Waals surface area contributed by atoms with Crippen LogP contribution in [0.3, 0.4) is 0 Å². The summed E-state index contributed by atoms with van der Waals surface area (Å²) in [5.41, 5.74) is 3.09. The van der Waals surface area contributed by atoms with E-state index >= 15 is 0 Å². The van der Waals surface area contributed by atoms with Gasteiger partial charge in [0.1, 0.15) is 19.8 Å². The average Bonchev–Trinajstić information content (AvgIpc) is 3.21. The van der Waals surface area contributed by atoms with Gasteiger partial charge in [-0.1, -0.05) is 6.92 Å². The van der Waals surface area contributed by atoms with Crippen LogP contribution in [0.5, 0.6) is 0 Å². The predicted octanol–water partition coefficient (Wildman–Crippen LogP) is 6.17. The minimum absolute atomic E-state index is 0.0326. The van der Waals surface area contributed by atoms with E-state index in [2.05, 4.69) is 0 Å². The first-order chi connectivity index (χ1) is 26.7. The van der Waals surface area contributed by atoms with Crippen LogP contribution >= 0.6 is 0 Å². The van der Waals surface area contributed by atoms with E-state index in [1.54, 1.807) is 55.5 Å². The van der Waals surface area contributed by atoms with Crippen molar-refractivity contribution in [3.05, 3.63) is 89.5 Å². The molecule has 0 N–H and O–H groups in total. The number of hydrogen-bond donors (Lipinski definition) is 0. The molecular weight excluding hydrogens is 718 g/mol. The molecule has 0 amide bonds. The van der Waals surface area contributed by atoms with Crippen LogP contribution in [0.4, 0.5) is 17.1 Å². The van der Waals surface area contributed by atoms with Gasteiger partial charge < -0.3 is 33.6 Å². The summed E-state index contributed by atoms with van der Waals surface area (Å²) in [6.07, 6.45) is 0.557. The molecule has 0 aromatic heterocycles. The third kappa shape index (κ3) is 14.2. The largest absolute Gasteiger partial charge is 0.465 e. The van der Waals surface area contributed by atoms with Crippen LogP contribution < -0.4 is 14.7 Å². The molecule has 0 bridgehead atoms. The first-order valence-electron chi connectivity index (χ1n) is 18.8. The molecular formula is C43H55N3O10. The number of anilines is 3. The smallest absolute Gasteiger partial charge is 0.338 e. The minimum atomic E-state index is -1.00. The van der Waals surface area contributed by atoms with Gasteiger partial charge in [0.25, 0.3) is 0 Å². The monoisotopic (exact) mass is 773 g/mol. The van der Waals surface area contributed by atoms with E-state index in [1.165, 1.54) is 13.8 Å². The zero-order valence-corrected chi connectivity index (χ0v) is 33.6. The van der Waals surface area contributed by atoms with Crippen LogP contribution in [-0.4, -0.2) is 103 Å². The van der Waals surface area contributed by atoms with E-state index < -0.39 is 29.3 Å². The Hall–Kier alpha value is -5.72. The van der Waals surface area contributed by atoms with E-state index in [1.807, 2.05) is 67.0 Å². The number of ether oxygens (including phenoxy) is 4. The molecule has 3 rings (SSSR count). The maximum absolute atomic E-state index is 13.0. The molecule has 3 aromatic carbocycles. The maximum Gasteiger partial charge on any atom is 0.338 e. The Balaban J connectivity index is 1.60. The van der Waals surface area contributed by atoms with Gasteiger partial charge in [-0.2, -0.15) is 0 Å². The highest BCUT2D eigenvalue weighted by Crippen LogP contribution is 2.26. The number of nitrogens with zero attached hydrogens (tertiary/aromatic N) is 3. The highest BCUT2D eigenvalue weighted by molar-refractivity contribution is 5.95. The molecule has 13 nitrogen and oxygen atoms in total. The SMILES string of the molecule is CCOC(=O)c1ccc(N(C)CCC(=O)OCC(CC)(COC(=O)CCN(C)c2ccc(C(C)=O)cc2)COC(=O)CCN(C)c2ccc(C(C)=O)cc2)cc1. The van der Waals surface area contributed by atoms with E-state index in [-0.39, 0.29) is 57.3 Å². The van der Waals surface area contributed by atoms with E-state index in [0.717, 1.165) is 17.1 Å². The molecule has 0 spiro atoms. The summed E-state index contributed by atoms with van der Waals surface area (Å²) in [6.45, 7) is 7.47. The lowest BCUT2D eigenvalue weighted by molar-refractivity contribution is -0.162. The van der Waals surface area contributed by atoms with Crippen LogP contribution in [0.2, 0.25) is 0 Å². The van der Waals surface area contributed by atoms with E-state index in [0.29, 0.717) is 42.7 Å². The molecule has 0 heterocycles. The third-order valence-corrected chi connectivity index (χ3v) is 9.57. The number of hydrogen-bond acceptors (Lipinski definition) is 13. The standard InChI is InChI=1S/C43H55N3O10/c1-8-43(28-54-39(49)22-25-44(5)36-16-10-33(11-17-36)31(3)47,29-55-40(50)23-26-45(6)37-18-12-34(13-19-37)32(4)48)30-56-41(51)24-27-46(7)38-20-14-35(15-21-38)42(52)53-9-2/h10-21H,8-9,22-30H2,1-7H3. The molecule has 13 heteroatoms. The van der Waals surface area contributed by atoms with Crippen LogP contribution in [0.25, 0.3) is 0 Å². The zero-order valence-electron chi connectivity index (χ0n) is 33.6. The minimum Gasteiger partial charge on any atom is -0.465 e. The first-order valence-corrected chi connectivity index (χ1v) is 18.8. The number of benzene rings is 3. The molecule has 0 aliphatic rings. The molecule has 0 saturated heterocycles. The van der Waals surface area contributed by atoms with Crippen molar-refractivity contribution < 1.29 is 47.7 Å². The van der Waals surface area contributed by atoms with Crippen molar-refractivity contribution in [2.24, 2.45) is 5.41 Å². The molecule has 0 saturated carbocycles. The second kappa shape index (κ2) is 22.0. The normalized spacial score (nSPS) is 10.9. The van der Waals surface area contributed by atoms with Crippen LogP contribution in [-0.2, 0) is 33.3 Å². The van der Waals surface area contributed by atoms with Crippen molar-refractivity contribution in [3.63, 3.8) is 0 Å². The second-order valence-electron chi connectivity index (χ2n) is 13.8. The quantitative estimate of drug-likeness (QED) is 0.0615. The Labute approximate surface area is 329 Å². The van der Waals surface area contributed by atoms with Gasteiger partial charge in [-0.15, -0.1) is 0 Å². The number of esters is 4. The Morgan fingerprint density at radius 2 is 0.786 bits per heavy atom. The summed E-state index contributed by atoms with van der Waals surface area (Å²) in [5, 5.41) is 0. The van der Waals surface area contributed by atoms with Crippen molar-refractivity contribution in [1.82, 2.24) is 0 Å². The van der Waals surface area contributed by atoms with Crippen molar-refractivity contribution in [3.8, 4) is 0 Å². The third-order valence-electron chi connectivity index (χ3n) is 9.57. The van der Waals surface area contributed by atoms with Gasteiger partial charge in [0.2, 0.25) is 0 Å². The molecule has 0 fully saturated rings. The Kier molecular flexibility index (Phi) is 17.5. The lowest BCUT2D eigenvalue weighted by atomic mass is 9.88. The van der Waals surface area contributed by atoms with E-state index in [4.69, 9.17) is 18.9 Å². The second-order valence-corrected chi connectivity index (χ2v) is 13.8. The lowest BCUT2D eigenvalue weighted by Crippen LogP contribution is -2.39. The van der Waals surface area contributed by atoms with Crippen molar-refractivity contribution in [2.75, 3.05) is 81.9 Å². The van der Waals surface area contributed by atoms with Gasteiger partial charge in [0, 0.05) is 69.0 Å². The van der Waals surface area contributed by atoms with Gasteiger partial charge >= 0.3 is 23.9 Å². The molecule has 302 valence electrons. The topological polar surface area (TPSA) is 149 Å². The number of ketones is 2. The average molecular weight is 774 g/mol. The molecule has 56 heavy (non-hydrogen) atoms. The van der Waals surface area contributed by atoms with Gasteiger partial charge in [-0.25, -0.2) is 4.79 Å². The van der Waals surface area contributed by atoms with E-state index in [9.17, 15) is 28.8 Å². The highest BCUT2D eigenvalue weighted by atomic mass is 16.6. The molecule has 3 aromatic rings. The van der Waals surface area contributed by atoms with Gasteiger partial charge in [0.05, 0.1) is 36.8 Å². The fourth-order valence-electron chi connectivity index (χ4n) is 5.48. The Bertz CT molecular complexity index is 1690. The molecule has 0 aliphatic heterocycles. The Morgan fingerprint density at radius 3 is 1.05 bits per heavy atom. The maximum atomic E-state index is 13.0. The number of rotatable bonds is 23. The van der Waals surface area contributed by atoms with Crippen LogP contribution in [0.15, 0.2) is 72.8 Å². The summed E-state index contributed by atoms with van der Waals surface area (Å²) in [7, 11) is 5.48. The van der Waals surface area contributed by atoms with Crippen molar-refractivity contribution >= 4 is 52.5 Å². The Morgan fingerprint density at radius 1 is 0.482 bits per heavy atom. The summed E-state index contributed by atoms with van der Waals surface area (Å²) in [4.78, 5) is 79.8. The van der Waals surface area contributed by atoms with Crippen molar-refractivity contribution in [2.45, 2.75) is 53.4 Å². The lowest BCUT2D eigenvalue weighted by Gasteiger charge is -2.31. The predicted molar refractivity (Wildman–Crippen MR) is 215 cm³/mol. The zero-order chi connectivity index (χ0) is 41.3. The van der Waals surface area contributed by atoms with Gasteiger partial charge in [-0.05, 0) is 100.0 Å². The van der Waals surface area contributed by atoms with Gasteiger partial charge in [0.15, 0.2) is 11.6 Å². The fourth-order valence-corrected chi connectivity index (χ4v) is 5.48. The van der Waals surface area contributed by atoms with Crippen LogP contribution in [0, 0.1) is 5.41 Å². The number of carbonyl (C=O) groups is 6. The molecule has 0 radical (unpaired) electrons. The number of carbonyl (C=O) groups excluding carboxylic acids is 6. The summed E-state index contributed by atoms with van der Waals surface area (Å²) >= 11 is 0. The highest BCUT2D eigenvalue weighted by Gasteiger charge is 2.34. The van der Waals surface area contributed by atoms with Gasteiger partial charge in [-0.3, -0.25) is 24.0 Å². The van der Waals surface area contributed by atoms with Crippen LogP contribution in [0.1, 0.15) is 84.5 Å². The summed E-state index contributed by atoms with van der Waals surface area (Å²) in [6, 6.07) is 21.1. The van der Waals surface area contributed by atoms with Crippen molar-refractivity contribution in [1.29, 1.82) is 0 Å². The summed E-state index contributed by atoms with van der Waals surface area (Å²) < 4.78 is 22.2. The fraction of sp³-hybridized carbons (Fsp3) is 0.442.